The van der Waals surface area contributed by atoms with Crippen molar-refractivity contribution in [2.75, 3.05) is 0 Å². The van der Waals surface area contributed by atoms with Gasteiger partial charge in [-0.1, -0.05) is 35.7 Å². The molecule has 3 aromatic rings. The van der Waals surface area contributed by atoms with E-state index in [9.17, 15) is 9.59 Å². The molecule has 33 heavy (non-hydrogen) atoms. The van der Waals surface area contributed by atoms with Crippen molar-refractivity contribution in [2.45, 2.75) is 76.4 Å². The Hall–Kier alpha value is -2.09. The van der Waals surface area contributed by atoms with Crippen molar-refractivity contribution in [1.29, 1.82) is 0 Å². The monoisotopic (exact) mass is 492 g/mol. The molecule has 3 unspecified atom stereocenters. The molecule has 9 heteroatoms. The number of pyridine rings is 1. The van der Waals surface area contributed by atoms with Gasteiger partial charge in [-0.15, -0.1) is 12.4 Å². The number of carbonyl (C=O) groups is 1. The number of carbonyl (C=O) groups excluding carboxylic acids is 1. The van der Waals surface area contributed by atoms with E-state index in [2.05, 4.69) is 10.5 Å². The van der Waals surface area contributed by atoms with Crippen LogP contribution in [0.25, 0.3) is 21.8 Å². The van der Waals surface area contributed by atoms with E-state index in [1.54, 1.807) is 13.0 Å². The fraction of sp³-hybridized carbons (Fsp3) is 0.542. The number of nitrogens with zero attached hydrogens (tertiary/aromatic N) is 2. The highest BCUT2D eigenvalue weighted by atomic mass is 35.5. The van der Waals surface area contributed by atoms with Gasteiger partial charge in [-0.3, -0.25) is 9.59 Å². The zero-order chi connectivity index (χ0) is 22.4. The Morgan fingerprint density at radius 3 is 2.73 bits per heavy atom. The molecular weight excluding hydrogens is 463 g/mol. The van der Waals surface area contributed by atoms with Crippen molar-refractivity contribution >= 4 is 51.7 Å². The summed E-state index contributed by atoms with van der Waals surface area (Å²) in [6.07, 6.45) is 7.72. The van der Waals surface area contributed by atoms with Crippen molar-refractivity contribution < 1.29 is 9.32 Å². The standard InChI is InChI=1S/C24H29ClN4O3.ClH/c1-13-19-22(28-32-13)20-17(25)10-5-11-18(20)29(24(19)31)16-9-4-8-15(12-16)27-23(30)21(26)14-6-2-3-7-14;/h5,10-11,14-16,21H,2-4,6-9,12,26H2,1H3,(H,27,30);1H. The summed E-state index contributed by atoms with van der Waals surface area (Å²) in [4.78, 5) is 26.4. The smallest absolute Gasteiger partial charge is 0.264 e. The lowest BCUT2D eigenvalue weighted by Crippen LogP contribution is -2.49. The van der Waals surface area contributed by atoms with Gasteiger partial charge in [0.15, 0.2) is 0 Å². The molecule has 1 amide bonds. The molecule has 0 radical (unpaired) electrons. The molecule has 2 fully saturated rings. The van der Waals surface area contributed by atoms with Gasteiger partial charge < -0.3 is 20.1 Å². The van der Waals surface area contributed by atoms with Gasteiger partial charge in [0.1, 0.15) is 16.7 Å². The maximum absolute atomic E-state index is 13.6. The van der Waals surface area contributed by atoms with E-state index >= 15 is 0 Å². The van der Waals surface area contributed by atoms with Gasteiger partial charge >= 0.3 is 0 Å². The summed E-state index contributed by atoms with van der Waals surface area (Å²) >= 11 is 6.54. The van der Waals surface area contributed by atoms with Crippen LogP contribution in [0.2, 0.25) is 5.02 Å². The molecule has 0 saturated heterocycles. The fourth-order valence-electron chi connectivity index (χ4n) is 5.69. The van der Waals surface area contributed by atoms with Crippen LogP contribution in [-0.2, 0) is 4.79 Å². The normalized spacial score (nSPS) is 22.4. The van der Waals surface area contributed by atoms with Crippen molar-refractivity contribution in [1.82, 2.24) is 15.0 Å². The predicted molar refractivity (Wildman–Crippen MR) is 132 cm³/mol. The van der Waals surface area contributed by atoms with Crippen molar-refractivity contribution in [3.8, 4) is 0 Å². The Morgan fingerprint density at radius 1 is 1.21 bits per heavy atom. The molecule has 0 aliphatic heterocycles. The van der Waals surface area contributed by atoms with E-state index in [-0.39, 0.29) is 41.9 Å². The van der Waals surface area contributed by atoms with Gasteiger partial charge in [-0.05, 0) is 63.5 Å². The summed E-state index contributed by atoms with van der Waals surface area (Å²) in [7, 11) is 0. The number of nitrogens with two attached hydrogens (primary N) is 1. The Labute approximate surface area is 203 Å². The average molecular weight is 493 g/mol. The zero-order valence-corrected chi connectivity index (χ0v) is 20.3. The second-order valence-electron chi connectivity index (χ2n) is 9.37. The minimum Gasteiger partial charge on any atom is -0.360 e. The lowest BCUT2D eigenvalue weighted by atomic mass is 9.89. The number of amides is 1. The molecular formula is C24H30Cl2N4O3. The summed E-state index contributed by atoms with van der Waals surface area (Å²) in [5.41, 5.74) is 7.41. The van der Waals surface area contributed by atoms with Gasteiger partial charge in [0, 0.05) is 17.5 Å². The second kappa shape index (κ2) is 9.65. The largest absolute Gasteiger partial charge is 0.360 e. The van der Waals surface area contributed by atoms with Gasteiger partial charge in [0.05, 0.1) is 16.6 Å². The average Bonchev–Trinajstić information content (AvgIpc) is 3.44. The SMILES string of the molecule is Cc1onc2c1c(=O)n(C1CCCC(NC(=O)C(N)C3CCCC3)C1)c1cccc(Cl)c21.Cl. The Kier molecular flexibility index (Phi) is 7.03. The van der Waals surface area contributed by atoms with E-state index in [4.69, 9.17) is 21.9 Å². The number of hydrogen-bond acceptors (Lipinski definition) is 5. The zero-order valence-electron chi connectivity index (χ0n) is 18.7. The quantitative estimate of drug-likeness (QED) is 0.551. The van der Waals surface area contributed by atoms with Gasteiger partial charge in [0.25, 0.3) is 5.56 Å². The Bertz CT molecular complexity index is 1230. The van der Waals surface area contributed by atoms with Gasteiger partial charge in [0.2, 0.25) is 5.91 Å². The van der Waals surface area contributed by atoms with E-state index in [0.29, 0.717) is 28.1 Å². The first-order valence-electron chi connectivity index (χ1n) is 11.6. The third-order valence-corrected chi connectivity index (χ3v) is 7.67. The number of halogens is 2. The minimum absolute atomic E-state index is 0. The molecule has 5 rings (SSSR count). The fourth-order valence-corrected chi connectivity index (χ4v) is 5.95. The van der Waals surface area contributed by atoms with Crippen molar-refractivity contribution in [3.05, 3.63) is 39.3 Å². The molecule has 2 saturated carbocycles. The molecule has 2 aliphatic rings. The minimum atomic E-state index is -0.448. The lowest BCUT2D eigenvalue weighted by Gasteiger charge is -2.33. The number of benzene rings is 1. The van der Waals surface area contributed by atoms with E-state index in [0.717, 1.165) is 55.8 Å². The molecule has 2 aromatic heterocycles. The van der Waals surface area contributed by atoms with E-state index < -0.39 is 6.04 Å². The summed E-state index contributed by atoms with van der Waals surface area (Å²) in [6, 6.07) is 5.05. The van der Waals surface area contributed by atoms with E-state index in [1.165, 1.54) is 0 Å². The van der Waals surface area contributed by atoms with Crippen LogP contribution in [0.15, 0.2) is 27.5 Å². The molecule has 2 heterocycles. The molecule has 2 aliphatic carbocycles. The van der Waals surface area contributed by atoms with Crippen molar-refractivity contribution in [2.24, 2.45) is 11.7 Å². The second-order valence-corrected chi connectivity index (χ2v) is 9.77. The summed E-state index contributed by atoms with van der Waals surface area (Å²) in [5, 5.41) is 9.05. The Morgan fingerprint density at radius 2 is 1.97 bits per heavy atom. The first-order valence-corrected chi connectivity index (χ1v) is 12.0. The first-order chi connectivity index (χ1) is 15.5. The van der Waals surface area contributed by atoms with Crippen LogP contribution in [0.5, 0.6) is 0 Å². The number of aromatic nitrogens is 2. The van der Waals surface area contributed by atoms with Crippen LogP contribution in [0, 0.1) is 12.8 Å². The first kappa shape index (κ1) is 24.0. The third-order valence-electron chi connectivity index (χ3n) is 7.35. The molecule has 7 nitrogen and oxygen atoms in total. The molecule has 0 spiro atoms. The van der Waals surface area contributed by atoms with Crippen LogP contribution < -0.4 is 16.6 Å². The maximum Gasteiger partial charge on any atom is 0.264 e. The third kappa shape index (κ3) is 4.27. The van der Waals surface area contributed by atoms with Crippen LogP contribution in [0.3, 0.4) is 0 Å². The van der Waals surface area contributed by atoms with E-state index in [1.807, 2.05) is 16.7 Å². The predicted octanol–water partition coefficient (Wildman–Crippen LogP) is 4.64. The summed E-state index contributed by atoms with van der Waals surface area (Å²) in [5.74, 6) is 0.707. The topological polar surface area (TPSA) is 103 Å². The number of aryl methyl sites for hydroxylation is 1. The number of nitrogens with one attached hydrogen (secondary N) is 1. The Balaban J connectivity index is 0.00000259. The van der Waals surface area contributed by atoms with Crippen LogP contribution in [0.4, 0.5) is 0 Å². The number of rotatable bonds is 4. The van der Waals surface area contributed by atoms with Gasteiger partial charge in [-0.25, -0.2) is 0 Å². The lowest BCUT2D eigenvalue weighted by molar-refractivity contribution is -0.124. The number of fused-ring (bicyclic) bond motifs is 3. The van der Waals surface area contributed by atoms with Gasteiger partial charge in [-0.2, -0.15) is 0 Å². The van der Waals surface area contributed by atoms with Crippen LogP contribution >= 0.6 is 24.0 Å². The molecule has 3 atom stereocenters. The van der Waals surface area contributed by atoms with Crippen LogP contribution in [0.1, 0.15) is 63.2 Å². The number of hydrogen-bond donors (Lipinski definition) is 2. The molecule has 3 N–H and O–H groups in total. The van der Waals surface area contributed by atoms with Crippen LogP contribution in [-0.4, -0.2) is 27.7 Å². The summed E-state index contributed by atoms with van der Waals surface area (Å²) < 4.78 is 7.19. The molecule has 0 bridgehead atoms. The van der Waals surface area contributed by atoms with Crippen molar-refractivity contribution in [3.63, 3.8) is 0 Å². The maximum atomic E-state index is 13.6. The summed E-state index contributed by atoms with van der Waals surface area (Å²) in [6.45, 7) is 1.75. The highest BCUT2D eigenvalue weighted by Gasteiger charge is 2.32. The highest BCUT2D eigenvalue weighted by Crippen LogP contribution is 2.35. The molecule has 1 aromatic carbocycles. The molecule has 178 valence electrons. The highest BCUT2D eigenvalue weighted by molar-refractivity contribution is 6.37.